The molecule has 0 spiro atoms. The molecule has 0 bridgehead atoms. The lowest BCUT2D eigenvalue weighted by Gasteiger charge is -2.25. The summed E-state index contributed by atoms with van der Waals surface area (Å²) in [6.07, 6.45) is -2.07. The van der Waals surface area contributed by atoms with Crippen LogP contribution in [0.15, 0.2) is 22.7 Å². The summed E-state index contributed by atoms with van der Waals surface area (Å²) in [5, 5.41) is 0.803. The number of hydrogen-bond donors (Lipinski definition) is 0. The maximum absolute atomic E-state index is 12.6. The fourth-order valence-electron chi connectivity index (χ4n) is 1.89. The lowest BCUT2D eigenvalue weighted by atomic mass is 10.2. The second kappa shape index (κ2) is 5.41. The summed E-state index contributed by atoms with van der Waals surface area (Å²) in [7, 11) is 0. The molecule has 1 saturated carbocycles. The quantitative estimate of drug-likeness (QED) is 0.670. The Labute approximate surface area is 121 Å². The molecule has 0 amide bonds. The molecule has 0 aromatic heterocycles. The molecule has 0 saturated heterocycles. The third kappa shape index (κ3) is 3.20. The first-order valence-corrected chi connectivity index (χ1v) is 7.54. The van der Waals surface area contributed by atoms with E-state index in [4.69, 9.17) is 0 Å². The minimum atomic E-state index is -4.29. The van der Waals surface area contributed by atoms with Gasteiger partial charge in [0.2, 0.25) is 0 Å². The van der Waals surface area contributed by atoms with Gasteiger partial charge in [-0.2, -0.15) is 13.2 Å². The van der Waals surface area contributed by atoms with Crippen LogP contribution in [0.3, 0.4) is 0 Å². The van der Waals surface area contributed by atoms with Gasteiger partial charge < -0.3 is 4.90 Å². The second-order valence-corrected chi connectivity index (χ2v) is 5.92. The van der Waals surface area contributed by atoms with Crippen LogP contribution in [0.1, 0.15) is 18.4 Å². The number of benzene rings is 1. The maximum Gasteiger partial charge on any atom is 0.416 e. The molecule has 0 N–H and O–H groups in total. The van der Waals surface area contributed by atoms with Crippen LogP contribution < -0.4 is 4.90 Å². The zero-order valence-corrected chi connectivity index (χ0v) is 12.6. The van der Waals surface area contributed by atoms with Gasteiger partial charge in [-0.25, -0.2) is 0 Å². The van der Waals surface area contributed by atoms with Gasteiger partial charge in [0, 0.05) is 22.4 Å². The average molecular weight is 387 g/mol. The van der Waals surface area contributed by atoms with Crippen molar-refractivity contribution in [3.05, 3.63) is 28.2 Å². The van der Waals surface area contributed by atoms with Crippen molar-refractivity contribution >= 4 is 37.5 Å². The van der Waals surface area contributed by atoms with E-state index in [0.29, 0.717) is 10.5 Å². The minimum Gasteiger partial charge on any atom is -0.367 e. The van der Waals surface area contributed by atoms with E-state index >= 15 is 0 Å². The molecule has 2 rings (SSSR count). The number of hydrogen-bond acceptors (Lipinski definition) is 1. The van der Waals surface area contributed by atoms with E-state index in [1.54, 1.807) is 6.07 Å². The van der Waals surface area contributed by atoms with Crippen LogP contribution in [0.25, 0.3) is 0 Å². The highest BCUT2D eigenvalue weighted by molar-refractivity contribution is 9.10. The summed E-state index contributed by atoms with van der Waals surface area (Å²) >= 11 is 6.63. The highest BCUT2D eigenvalue weighted by atomic mass is 79.9. The molecule has 0 atom stereocenters. The molecule has 0 heterocycles. The number of anilines is 1. The molecule has 1 aliphatic rings. The molecule has 1 fully saturated rings. The van der Waals surface area contributed by atoms with Crippen molar-refractivity contribution in [1.29, 1.82) is 0 Å². The van der Waals surface area contributed by atoms with Crippen molar-refractivity contribution in [3.63, 3.8) is 0 Å². The Hall–Kier alpha value is -0.230. The molecule has 1 aliphatic carbocycles. The van der Waals surface area contributed by atoms with Gasteiger partial charge in [0.15, 0.2) is 0 Å². The molecular weight excluding hydrogens is 375 g/mol. The fraction of sp³-hybridized carbons (Fsp3) is 0.500. The van der Waals surface area contributed by atoms with Crippen LogP contribution in [0, 0.1) is 0 Å². The number of alkyl halides is 4. The molecule has 0 radical (unpaired) electrons. The van der Waals surface area contributed by atoms with Crippen LogP contribution in [-0.2, 0) is 6.18 Å². The largest absolute Gasteiger partial charge is 0.416 e. The predicted molar refractivity (Wildman–Crippen MR) is 73.3 cm³/mol. The Morgan fingerprint density at radius 1 is 1.28 bits per heavy atom. The number of halogens is 5. The number of nitrogens with zero attached hydrogens (tertiary/aromatic N) is 1. The van der Waals surface area contributed by atoms with E-state index in [1.807, 2.05) is 0 Å². The smallest absolute Gasteiger partial charge is 0.367 e. The lowest BCUT2D eigenvalue weighted by molar-refractivity contribution is -0.137. The summed E-state index contributed by atoms with van der Waals surface area (Å²) in [6, 6.07) is 4.31. The minimum absolute atomic E-state index is 0.468. The number of rotatable bonds is 4. The van der Waals surface area contributed by atoms with Crippen LogP contribution in [0.5, 0.6) is 0 Å². The SMILES string of the molecule is FC(F)(F)c1ccc(N(CCBr)C2CC2)c(Br)c1. The van der Waals surface area contributed by atoms with E-state index < -0.39 is 11.7 Å². The topological polar surface area (TPSA) is 3.24 Å². The molecule has 100 valence electrons. The predicted octanol–water partition coefficient (Wildman–Crippen LogP) is 4.83. The molecule has 0 unspecified atom stereocenters. The summed E-state index contributed by atoms with van der Waals surface area (Å²) < 4.78 is 38.2. The Bertz CT molecular complexity index is 430. The van der Waals surface area contributed by atoms with Crippen molar-refractivity contribution in [3.8, 4) is 0 Å². The highest BCUT2D eigenvalue weighted by Crippen LogP contribution is 2.39. The van der Waals surface area contributed by atoms with Crippen LogP contribution >= 0.6 is 31.9 Å². The Kier molecular flexibility index (Phi) is 4.26. The second-order valence-electron chi connectivity index (χ2n) is 4.28. The van der Waals surface area contributed by atoms with Crippen molar-refractivity contribution in [2.45, 2.75) is 25.1 Å². The van der Waals surface area contributed by atoms with Gasteiger partial charge in [-0.05, 0) is 47.0 Å². The van der Waals surface area contributed by atoms with Crippen molar-refractivity contribution < 1.29 is 13.2 Å². The zero-order valence-electron chi connectivity index (χ0n) is 9.47. The Morgan fingerprint density at radius 2 is 1.94 bits per heavy atom. The molecule has 18 heavy (non-hydrogen) atoms. The van der Waals surface area contributed by atoms with Crippen LogP contribution in [0.4, 0.5) is 18.9 Å². The standard InChI is InChI=1S/C12H12Br2F3N/c13-5-6-18(9-2-3-9)11-4-1-8(7-10(11)14)12(15,16)17/h1,4,7,9H,2-3,5-6H2. The third-order valence-corrected chi connectivity index (χ3v) is 3.89. The lowest BCUT2D eigenvalue weighted by Crippen LogP contribution is -2.28. The molecule has 6 heteroatoms. The maximum atomic E-state index is 12.6. The molecule has 1 nitrogen and oxygen atoms in total. The normalized spacial score (nSPS) is 15.8. The summed E-state index contributed by atoms with van der Waals surface area (Å²) in [6.45, 7) is 0.800. The van der Waals surface area contributed by atoms with E-state index in [0.717, 1.165) is 42.5 Å². The third-order valence-electron chi connectivity index (χ3n) is 2.90. The van der Waals surface area contributed by atoms with Gasteiger partial charge in [-0.3, -0.25) is 0 Å². The molecular formula is C12H12Br2F3N. The summed E-state index contributed by atoms with van der Waals surface area (Å²) in [5.41, 5.74) is 0.220. The van der Waals surface area contributed by atoms with Gasteiger partial charge in [0.05, 0.1) is 11.3 Å². The van der Waals surface area contributed by atoms with Gasteiger partial charge >= 0.3 is 6.18 Å². The first kappa shape index (κ1) is 14.2. The summed E-state index contributed by atoms with van der Waals surface area (Å²) in [4.78, 5) is 2.15. The molecule has 1 aromatic rings. The van der Waals surface area contributed by atoms with Gasteiger partial charge in [0.1, 0.15) is 0 Å². The van der Waals surface area contributed by atoms with Gasteiger partial charge in [-0.1, -0.05) is 15.9 Å². The van der Waals surface area contributed by atoms with Crippen LogP contribution in [-0.4, -0.2) is 17.9 Å². The summed E-state index contributed by atoms with van der Waals surface area (Å²) in [5.74, 6) is 0. The van der Waals surface area contributed by atoms with Crippen LogP contribution in [0.2, 0.25) is 0 Å². The average Bonchev–Trinajstić information content (AvgIpc) is 3.09. The molecule has 1 aromatic carbocycles. The highest BCUT2D eigenvalue weighted by Gasteiger charge is 2.33. The van der Waals surface area contributed by atoms with Crippen molar-refractivity contribution in [2.24, 2.45) is 0 Å². The first-order valence-electron chi connectivity index (χ1n) is 5.63. The van der Waals surface area contributed by atoms with Crippen molar-refractivity contribution in [1.82, 2.24) is 0 Å². The van der Waals surface area contributed by atoms with E-state index in [-0.39, 0.29) is 0 Å². The Balaban J connectivity index is 2.28. The van der Waals surface area contributed by atoms with E-state index in [9.17, 15) is 13.2 Å². The first-order chi connectivity index (χ1) is 8.43. The fourth-order valence-corrected chi connectivity index (χ4v) is 2.88. The Morgan fingerprint density at radius 3 is 2.39 bits per heavy atom. The van der Waals surface area contributed by atoms with Crippen molar-refractivity contribution in [2.75, 3.05) is 16.8 Å². The molecule has 0 aliphatic heterocycles. The van der Waals surface area contributed by atoms with E-state index in [1.165, 1.54) is 0 Å². The van der Waals surface area contributed by atoms with Gasteiger partial charge in [0.25, 0.3) is 0 Å². The monoisotopic (exact) mass is 385 g/mol. The van der Waals surface area contributed by atoms with E-state index in [2.05, 4.69) is 36.8 Å². The van der Waals surface area contributed by atoms with Gasteiger partial charge in [-0.15, -0.1) is 0 Å². The zero-order chi connectivity index (χ0) is 13.3.